The molecule has 8 heterocycles. The highest BCUT2D eigenvalue weighted by Crippen LogP contribution is 2.47. The Balaban J connectivity index is 0.866. The van der Waals surface area contributed by atoms with Crippen LogP contribution in [-0.4, -0.2) is 0 Å². The van der Waals surface area contributed by atoms with Gasteiger partial charge in [-0.3, -0.25) is 0 Å². The zero-order chi connectivity index (χ0) is 50.9. The molecular weight excluding hydrogens is 1050 g/mol. The van der Waals surface area contributed by atoms with E-state index in [0.29, 0.717) is 0 Å². The second-order valence-electron chi connectivity index (χ2n) is 19.8. The molecule has 0 aliphatic rings. The molecule has 74 heavy (non-hydrogen) atoms. The molecule has 0 radical (unpaired) electrons. The molecule has 386 valence electrons. The van der Waals surface area contributed by atoms with E-state index in [1.165, 1.54) is 217 Å². The highest BCUT2D eigenvalue weighted by Gasteiger charge is 2.18. The Morgan fingerprint density at radius 1 is 0.284 bits per heavy atom. The van der Waals surface area contributed by atoms with Crippen LogP contribution in [0, 0.1) is 0 Å². The highest BCUT2D eigenvalue weighted by molar-refractivity contribution is 7.29. The molecule has 0 amide bonds. The molecule has 0 unspecified atom stereocenters. The van der Waals surface area contributed by atoms with Gasteiger partial charge in [0.15, 0.2) is 0 Å². The molecule has 0 saturated heterocycles. The van der Waals surface area contributed by atoms with E-state index < -0.39 is 0 Å². The topological polar surface area (TPSA) is 0 Å². The minimum absolute atomic E-state index is 1.14. The van der Waals surface area contributed by atoms with Crippen LogP contribution in [-0.2, 0) is 25.7 Å². The van der Waals surface area contributed by atoms with Crippen LogP contribution < -0.4 is 0 Å². The molecule has 0 nitrogen and oxygen atoms in total. The largest absolute Gasteiger partial charge is 0.143 e. The number of hydrogen-bond acceptors (Lipinski definition) is 8. The highest BCUT2D eigenvalue weighted by atomic mass is 32.1. The van der Waals surface area contributed by atoms with Gasteiger partial charge in [-0.2, -0.15) is 0 Å². The monoisotopic (exact) mass is 1120 g/mol. The third-order valence-corrected chi connectivity index (χ3v) is 23.6. The standard InChI is InChI=1S/C66H74S8/c1-5-9-13-17-21-49-41-43-67-63(49)59-37-33-55(71-59)57-35-39-61(73-57)65-51(23-19-15-11-7-3)45-53(69-65)31-29-47-25-27-48(28-26-47)30-32-54-46-52(24-20-16-12-8-4)66(70-54)62-40-36-58(74-62)56-34-38-60(72-56)64-50(42-44-68-64)22-18-14-10-6-2/h25-46H,5-24H2,1-4H3. The SMILES string of the molecule is CCCCCCc1ccsc1-c1ccc(-c2ccc(-c3sc(C=Cc4ccc(C=Cc5cc(CCCCCC)c(-c6ccc(-c7ccc(-c8sccc8CCCCCC)s7)s6)s5)cc4)cc3CCCCCC)s2)s1. The smallest absolute Gasteiger partial charge is 0.0481 e. The van der Waals surface area contributed by atoms with Crippen LogP contribution in [0.3, 0.4) is 0 Å². The van der Waals surface area contributed by atoms with Gasteiger partial charge in [-0.15, -0.1) is 90.7 Å². The molecule has 0 aliphatic heterocycles. The Morgan fingerprint density at radius 3 is 0.932 bits per heavy atom. The Labute approximate surface area is 476 Å². The minimum Gasteiger partial charge on any atom is -0.143 e. The summed E-state index contributed by atoms with van der Waals surface area (Å²) in [5.74, 6) is 0. The molecule has 0 atom stereocenters. The third kappa shape index (κ3) is 14.9. The van der Waals surface area contributed by atoms with E-state index in [1.54, 1.807) is 0 Å². The fourth-order valence-electron chi connectivity index (χ4n) is 9.76. The molecule has 8 heteroatoms. The summed E-state index contributed by atoms with van der Waals surface area (Å²) >= 11 is 15.6. The molecule has 0 fully saturated rings. The Morgan fingerprint density at radius 2 is 0.595 bits per heavy atom. The molecule has 0 spiro atoms. The van der Waals surface area contributed by atoms with Gasteiger partial charge in [-0.1, -0.05) is 141 Å². The van der Waals surface area contributed by atoms with Gasteiger partial charge in [0, 0.05) is 68.3 Å². The molecular formula is C66H74S8. The van der Waals surface area contributed by atoms with Gasteiger partial charge >= 0.3 is 0 Å². The summed E-state index contributed by atoms with van der Waals surface area (Å²) in [6.07, 6.45) is 34.7. The summed E-state index contributed by atoms with van der Waals surface area (Å²) in [5.41, 5.74) is 8.54. The fraction of sp³-hybridized carbons (Fsp3) is 0.364. The van der Waals surface area contributed by atoms with Gasteiger partial charge in [-0.05, 0) is 180 Å². The van der Waals surface area contributed by atoms with Crippen molar-refractivity contribution in [1.82, 2.24) is 0 Å². The van der Waals surface area contributed by atoms with Crippen LogP contribution in [0.2, 0.25) is 0 Å². The summed E-state index contributed by atoms with van der Waals surface area (Å²) in [6, 6.07) is 37.7. The van der Waals surface area contributed by atoms with Crippen molar-refractivity contribution in [2.24, 2.45) is 0 Å². The number of rotatable bonds is 30. The summed E-state index contributed by atoms with van der Waals surface area (Å²) in [5, 5.41) is 4.57. The molecule has 8 aromatic heterocycles. The van der Waals surface area contributed by atoms with Crippen molar-refractivity contribution >= 4 is 115 Å². The number of thiophene rings is 8. The van der Waals surface area contributed by atoms with Crippen LogP contribution in [0.15, 0.2) is 108 Å². The van der Waals surface area contributed by atoms with Crippen molar-refractivity contribution in [3.63, 3.8) is 0 Å². The maximum Gasteiger partial charge on any atom is 0.0481 e. The van der Waals surface area contributed by atoms with Gasteiger partial charge in [-0.25, -0.2) is 0 Å². The predicted molar refractivity (Wildman–Crippen MR) is 344 cm³/mol. The predicted octanol–water partition coefficient (Wildman–Crippen LogP) is 25.0. The zero-order valence-corrected chi connectivity index (χ0v) is 50.6. The molecule has 1 aromatic carbocycles. The van der Waals surface area contributed by atoms with Crippen molar-refractivity contribution in [3.8, 4) is 58.5 Å². The van der Waals surface area contributed by atoms with E-state index >= 15 is 0 Å². The lowest BCUT2D eigenvalue weighted by molar-refractivity contribution is 0.668. The van der Waals surface area contributed by atoms with Crippen molar-refractivity contribution in [2.75, 3.05) is 0 Å². The Hall–Kier alpha value is -3.70. The van der Waals surface area contributed by atoms with Crippen LogP contribution in [0.25, 0.3) is 82.8 Å². The van der Waals surface area contributed by atoms with Gasteiger partial charge in [0.2, 0.25) is 0 Å². The average molecular weight is 1120 g/mol. The summed E-state index contributed by atoms with van der Waals surface area (Å²) in [6.45, 7) is 9.20. The van der Waals surface area contributed by atoms with Crippen molar-refractivity contribution in [1.29, 1.82) is 0 Å². The fourth-order valence-corrected chi connectivity index (χ4v) is 18.7. The van der Waals surface area contributed by atoms with E-state index in [-0.39, 0.29) is 0 Å². The van der Waals surface area contributed by atoms with Crippen LogP contribution >= 0.6 is 90.7 Å². The Bertz CT molecular complexity index is 2920. The van der Waals surface area contributed by atoms with Crippen LogP contribution in [0.1, 0.15) is 174 Å². The van der Waals surface area contributed by atoms with Crippen molar-refractivity contribution in [3.05, 3.63) is 151 Å². The van der Waals surface area contributed by atoms with Gasteiger partial charge in [0.25, 0.3) is 0 Å². The lowest BCUT2D eigenvalue weighted by Gasteiger charge is -2.02. The first-order valence-electron chi connectivity index (χ1n) is 27.8. The minimum atomic E-state index is 1.14. The van der Waals surface area contributed by atoms with Crippen molar-refractivity contribution in [2.45, 2.75) is 156 Å². The van der Waals surface area contributed by atoms with E-state index in [1.807, 2.05) is 90.7 Å². The molecule has 9 aromatic rings. The average Bonchev–Trinajstić information content (AvgIpc) is 4.27. The van der Waals surface area contributed by atoms with E-state index in [4.69, 9.17) is 0 Å². The number of unbranched alkanes of at least 4 members (excludes halogenated alkanes) is 12. The maximum atomic E-state index is 2.47. The summed E-state index contributed by atoms with van der Waals surface area (Å²) < 4.78 is 0. The van der Waals surface area contributed by atoms with Crippen LogP contribution in [0.4, 0.5) is 0 Å². The first kappa shape index (κ1) is 55.1. The van der Waals surface area contributed by atoms with Gasteiger partial charge in [0.1, 0.15) is 0 Å². The molecule has 0 N–H and O–H groups in total. The molecule has 0 saturated carbocycles. The number of hydrogen-bond donors (Lipinski definition) is 0. The first-order chi connectivity index (χ1) is 36.5. The maximum absolute atomic E-state index is 2.47. The second-order valence-corrected chi connectivity index (χ2v) is 28.1. The first-order valence-corrected chi connectivity index (χ1v) is 34.4. The quantitative estimate of drug-likeness (QED) is 0.0394. The van der Waals surface area contributed by atoms with E-state index in [2.05, 4.69) is 160 Å². The number of benzene rings is 1. The third-order valence-electron chi connectivity index (χ3n) is 14.0. The zero-order valence-electron chi connectivity index (χ0n) is 44.1. The molecule has 0 bridgehead atoms. The van der Waals surface area contributed by atoms with Crippen LogP contribution in [0.5, 0.6) is 0 Å². The Kier molecular flexibility index (Phi) is 21.3. The second kappa shape index (κ2) is 28.6. The normalized spacial score (nSPS) is 11.9. The lowest BCUT2D eigenvalue weighted by atomic mass is 10.1. The van der Waals surface area contributed by atoms with Crippen molar-refractivity contribution < 1.29 is 0 Å². The van der Waals surface area contributed by atoms with E-state index in [0.717, 1.165) is 12.8 Å². The number of aryl methyl sites for hydroxylation is 4. The van der Waals surface area contributed by atoms with Gasteiger partial charge in [0.05, 0.1) is 0 Å². The summed E-state index contributed by atoms with van der Waals surface area (Å²) in [4.78, 5) is 19.7. The van der Waals surface area contributed by atoms with E-state index in [9.17, 15) is 0 Å². The lowest BCUT2D eigenvalue weighted by Crippen LogP contribution is -1.85. The molecule has 0 aliphatic carbocycles. The molecule has 9 rings (SSSR count). The van der Waals surface area contributed by atoms with Gasteiger partial charge < -0.3 is 0 Å². The summed E-state index contributed by atoms with van der Waals surface area (Å²) in [7, 11) is 0.